The van der Waals surface area contributed by atoms with Crippen LogP contribution in [0.2, 0.25) is 0 Å². The van der Waals surface area contributed by atoms with Crippen molar-refractivity contribution in [3.05, 3.63) is 22.7 Å². The Morgan fingerprint density at radius 3 is 2.89 bits per heavy atom. The van der Waals surface area contributed by atoms with E-state index in [4.69, 9.17) is 5.73 Å². The van der Waals surface area contributed by atoms with Crippen molar-refractivity contribution in [2.45, 2.75) is 44.2 Å². The number of benzene rings is 1. The molecule has 2 atom stereocenters. The average molecular weight is 324 g/mol. The molecular weight excluding hydrogens is 306 g/mol. The highest BCUT2D eigenvalue weighted by Gasteiger charge is 2.26. The van der Waals surface area contributed by atoms with Gasteiger partial charge in [0.2, 0.25) is 5.95 Å². The highest BCUT2D eigenvalue weighted by molar-refractivity contribution is 9.10. The maximum absolute atomic E-state index is 10.3. The molecule has 19 heavy (non-hydrogen) atoms. The molecular formula is C14H18BrN3O. The van der Waals surface area contributed by atoms with Gasteiger partial charge in [0.1, 0.15) is 0 Å². The van der Waals surface area contributed by atoms with Crippen LogP contribution in [0, 0.1) is 0 Å². The van der Waals surface area contributed by atoms with Gasteiger partial charge in [-0.15, -0.1) is 0 Å². The summed E-state index contributed by atoms with van der Waals surface area (Å²) in [6.07, 6.45) is 4.90. The van der Waals surface area contributed by atoms with Gasteiger partial charge < -0.3 is 15.4 Å². The first-order valence-electron chi connectivity index (χ1n) is 6.78. The van der Waals surface area contributed by atoms with Crippen LogP contribution in [0.4, 0.5) is 5.95 Å². The Morgan fingerprint density at radius 2 is 2.05 bits per heavy atom. The van der Waals surface area contributed by atoms with Gasteiger partial charge in [-0.3, -0.25) is 0 Å². The third-order valence-electron chi connectivity index (χ3n) is 3.95. The van der Waals surface area contributed by atoms with Crippen molar-refractivity contribution in [3.63, 3.8) is 0 Å². The minimum Gasteiger partial charge on any atom is -0.391 e. The van der Waals surface area contributed by atoms with Crippen LogP contribution in [0.3, 0.4) is 0 Å². The van der Waals surface area contributed by atoms with Crippen molar-refractivity contribution >= 4 is 32.9 Å². The largest absolute Gasteiger partial charge is 0.391 e. The van der Waals surface area contributed by atoms with E-state index in [0.29, 0.717) is 5.95 Å². The van der Waals surface area contributed by atoms with Gasteiger partial charge in [-0.1, -0.05) is 35.2 Å². The van der Waals surface area contributed by atoms with Gasteiger partial charge in [0.25, 0.3) is 0 Å². The van der Waals surface area contributed by atoms with Gasteiger partial charge in [-0.05, 0) is 31.0 Å². The fraction of sp³-hybridized carbons (Fsp3) is 0.500. The van der Waals surface area contributed by atoms with Crippen LogP contribution < -0.4 is 5.73 Å². The highest BCUT2D eigenvalue weighted by Crippen LogP contribution is 2.33. The second kappa shape index (κ2) is 5.13. The molecule has 2 unspecified atom stereocenters. The number of anilines is 1. The number of aromatic nitrogens is 2. The van der Waals surface area contributed by atoms with Crippen LogP contribution >= 0.6 is 15.9 Å². The minimum atomic E-state index is -0.328. The van der Waals surface area contributed by atoms with E-state index in [9.17, 15) is 5.11 Å². The molecule has 1 saturated carbocycles. The van der Waals surface area contributed by atoms with Crippen molar-refractivity contribution < 1.29 is 5.11 Å². The number of nitrogens with two attached hydrogens (primary N) is 1. The molecule has 0 bridgehead atoms. The molecule has 1 heterocycles. The molecule has 1 aromatic carbocycles. The summed E-state index contributed by atoms with van der Waals surface area (Å²) in [6.45, 7) is 0. The predicted octanol–water partition coefficient (Wildman–Crippen LogP) is 3.25. The first-order valence-corrected chi connectivity index (χ1v) is 7.57. The standard InChI is InChI=1S/C14H18BrN3O/c15-9-6-7-11-10(8-9)17-14(16)18(11)12-4-2-1-3-5-13(12)19/h6-8,12-13,19H,1-5H2,(H2,16,17). The smallest absolute Gasteiger partial charge is 0.201 e. The van der Waals surface area contributed by atoms with Gasteiger partial charge in [0.15, 0.2) is 0 Å². The quantitative estimate of drug-likeness (QED) is 0.792. The summed E-state index contributed by atoms with van der Waals surface area (Å²) < 4.78 is 3.00. The Hall–Kier alpha value is -1.07. The maximum atomic E-state index is 10.3. The van der Waals surface area contributed by atoms with Crippen molar-refractivity contribution in [2.75, 3.05) is 5.73 Å². The number of imidazole rings is 1. The second-order valence-corrected chi connectivity index (χ2v) is 6.16. The third kappa shape index (κ3) is 2.37. The van der Waals surface area contributed by atoms with E-state index in [1.165, 1.54) is 6.42 Å². The maximum Gasteiger partial charge on any atom is 0.201 e. The Bertz CT molecular complexity index is 596. The molecule has 0 aliphatic heterocycles. The molecule has 1 fully saturated rings. The van der Waals surface area contributed by atoms with E-state index < -0.39 is 0 Å². The Kier molecular flexibility index (Phi) is 3.50. The van der Waals surface area contributed by atoms with Crippen LogP contribution in [-0.4, -0.2) is 20.8 Å². The van der Waals surface area contributed by atoms with Gasteiger partial charge in [0, 0.05) is 4.47 Å². The summed E-state index contributed by atoms with van der Waals surface area (Å²) in [7, 11) is 0. The molecule has 102 valence electrons. The molecule has 1 aliphatic carbocycles. The summed E-state index contributed by atoms with van der Waals surface area (Å²) in [5, 5.41) is 10.3. The zero-order valence-electron chi connectivity index (χ0n) is 10.7. The number of nitrogens with zero attached hydrogens (tertiary/aromatic N) is 2. The summed E-state index contributed by atoms with van der Waals surface area (Å²) in [5.74, 6) is 0.499. The van der Waals surface area contributed by atoms with Crippen molar-refractivity contribution in [1.29, 1.82) is 0 Å². The van der Waals surface area contributed by atoms with E-state index in [1.807, 2.05) is 22.8 Å². The normalized spacial score (nSPS) is 24.5. The molecule has 0 saturated heterocycles. The minimum absolute atomic E-state index is 0.0497. The lowest BCUT2D eigenvalue weighted by atomic mass is 10.1. The van der Waals surface area contributed by atoms with Crippen LogP contribution in [0.25, 0.3) is 11.0 Å². The molecule has 5 heteroatoms. The fourth-order valence-corrected chi connectivity index (χ4v) is 3.36. The number of rotatable bonds is 1. The molecule has 3 rings (SSSR count). The molecule has 1 aromatic heterocycles. The zero-order valence-corrected chi connectivity index (χ0v) is 12.3. The van der Waals surface area contributed by atoms with Crippen molar-refractivity contribution in [3.8, 4) is 0 Å². The summed E-state index contributed by atoms with van der Waals surface area (Å²) >= 11 is 3.45. The SMILES string of the molecule is Nc1nc2cc(Br)ccc2n1C1CCCCCC1O. The van der Waals surface area contributed by atoms with Gasteiger partial charge in [0.05, 0.1) is 23.2 Å². The van der Waals surface area contributed by atoms with E-state index in [2.05, 4.69) is 20.9 Å². The van der Waals surface area contributed by atoms with E-state index >= 15 is 0 Å². The zero-order chi connectivity index (χ0) is 13.4. The molecule has 1 aliphatic rings. The molecule has 0 spiro atoms. The van der Waals surface area contributed by atoms with Crippen molar-refractivity contribution in [2.24, 2.45) is 0 Å². The average Bonchev–Trinajstić information content (AvgIpc) is 2.54. The fourth-order valence-electron chi connectivity index (χ4n) is 3.01. The van der Waals surface area contributed by atoms with Crippen LogP contribution in [0.15, 0.2) is 22.7 Å². The third-order valence-corrected chi connectivity index (χ3v) is 4.45. The number of aliphatic hydroxyl groups excluding tert-OH is 1. The lowest BCUT2D eigenvalue weighted by Gasteiger charge is -2.23. The molecule has 4 nitrogen and oxygen atoms in total. The summed E-state index contributed by atoms with van der Waals surface area (Å²) in [5.41, 5.74) is 7.96. The van der Waals surface area contributed by atoms with Gasteiger partial charge in [-0.25, -0.2) is 4.98 Å². The summed E-state index contributed by atoms with van der Waals surface area (Å²) in [6, 6.07) is 6.02. The van der Waals surface area contributed by atoms with Crippen molar-refractivity contribution in [1.82, 2.24) is 9.55 Å². The number of halogens is 1. The first-order chi connectivity index (χ1) is 9.16. The lowest BCUT2D eigenvalue weighted by molar-refractivity contribution is 0.108. The molecule has 3 N–H and O–H groups in total. The Morgan fingerprint density at radius 1 is 1.26 bits per heavy atom. The molecule has 2 aromatic rings. The predicted molar refractivity (Wildman–Crippen MR) is 80.0 cm³/mol. The molecule has 0 amide bonds. The molecule has 0 radical (unpaired) electrons. The number of hydrogen-bond acceptors (Lipinski definition) is 3. The van der Waals surface area contributed by atoms with E-state index in [0.717, 1.165) is 41.2 Å². The lowest BCUT2D eigenvalue weighted by Crippen LogP contribution is -2.24. The van der Waals surface area contributed by atoms with Crippen LogP contribution in [0.5, 0.6) is 0 Å². The number of fused-ring (bicyclic) bond motifs is 1. The van der Waals surface area contributed by atoms with Gasteiger partial charge >= 0.3 is 0 Å². The number of hydrogen-bond donors (Lipinski definition) is 2. The first kappa shape index (κ1) is 12.9. The van der Waals surface area contributed by atoms with E-state index in [-0.39, 0.29) is 12.1 Å². The number of nitrogen functional groups attached to an aromatic ring is 1. The monoisotopic (exact) mass is 323 g/mol. The van der Waals surface area contributed by atoms with E-state index in [1.54, 1.807) is 0 Å². The van der Waals surface area contributed by atoms with Crippen LogP contribution in [-0.2, 0) is 0 Å². The Labute approximate surface area is 120 Å². The summed E-state index contributed by atoms with van der Waals surface area (Å²) in [4.78, 5) is 4.41. The second-order valence-electron chi connectivity index (χ2n) is 5.25. The van der Waals surface area contributed by atoms with Gasteiger partial charge in [-0.2, -0.15) is 0 Å². The highest BCUT2D eigenvalue weighted by atomic mass is 79.9. The Balaban J connectivity index is 2.10. The number of aliphatic hydroxyl groups is 1. The topological polar surface area (TPSA) is 64.1 Å². The van der Waals surface area contributed by atoms with Crippen LogP contribution in [0.1, 0.15) is 38.1 Å².